The third-order valence-corrected chi connectivity index (χ3v) is 4.48. The summed E-state index contributed by atoms with van der Waals surface area (Å²) in [5.41, 5.74) is 1.91. The van der Waals surface area contributed by atoms with Gasteiger partial charge in [-0.15, -0.1) is 0 Å². The van der Waals surface area contributed by atoms with Crippen LogP contribution in [0.5, 0.6) is 0 Å². The molecule has 1 aliphatic rings. The van der Waals surface area contributed by atoms with Gasteiger partial charge in [0.25, 0.3) is 0 Å². The molecule has 1 aromatic heterocycles. The van der Waals surface area contributed by atoms with Gasteiger partial charge in [-0.05, 0) is 45.3 Å². The van der Waals surface area contributed by atoms with Gasteiger partial charge >= 0.3 is 0 Å². The topological polar surface area (TPSA) is 51.1 Å². The minimum absolute atomic E-state index is 0.307. The zero-order chi connectivity index (χ0) is 15.2. The molecular formula is C14H23ClN4OS. The van der Waals surface area contributed by atoms with Crippen LogP contribution in [0.3, 0.4) is 0 Å². The number of nitrogens with zero attached hydrogens (tertiary/aromatic N) is 2. The molecule has 7 heteroatoms. The molecule has 1 saturated heterocycles. The van der Waals surface area contributed by atoms with Gasteiger partial charge in [0.05, 0.1) is 22.5 Å². The van der Waals surface area contributed by atoms with E-state index in [0.717, 1.165) is 61.9 Å². The largest absolute Gasteiger partial charge is 0.376 e. The summed E-state index contributed by atoms with van der Waals surface area (Å²) >= 11 is 11.4. The number of aryl methyl sites for hydroxylation is 2. The molecule has 0 amide bonds. The van der Waals surface area contributed by atoms with E-state index in [1.54, 1.807) is 0 Å². The summed E-state index contributed by atoms with van der Waals surface area (Å²) in [6, 6.07) is 0. The van der Waals surface area contributed by atoms with Gasteiger partial charge in [0.2, 0.25) is 0 Å². The minimum Gasteiger partial charge on any atom is -0.376 e. The Morgan fingerprint density at radius 2 is 2.29 bits per heavy atom. The first kappa shape index (κ1) is 16.5. The van der Waals surface area contributed by atoms with Crippen LogP contribution >= 0.6 is 23.8 Å². The Morgan fingerprint density at radius 1 is 1.48 bits per heavy atom. The van der Waals surface area contributed by atoms with Crippen molar-refractivity contribution in [3.05, 3.63) is 16.4 Å². The summed E-state index contributed by atoms with van der Waals surface area (Å²) in [6.07, 6.45) is 3.52. The van der Waals surface area contributed by atoms with E-state index in [2.05, 4.69) is 15.7 Å². The fraction of sp³-hybridized carbons (Fsp3) is 0.714. The van der Waals surface area contributed by atoms with Crippen molar-refractivity contribution in [1.82, 2.24) is 20.4 Å². The van der Waals surface area contributed by atoms with Crippen LogP contribution in [0.4, 0.5) is 0 Å². The summed E-state index contributed by atoms with van der Waals surface area (Å²) < 4.78 is 7.49. The maximum absolute atomic E-state index is 6.12. The average molecular weight is 331 g/mol. The fourth-order valence-corrected chi connectivity index (χ4v) is 2.72. The van der Waals surface area contributed by atoms with Gasteiger partial charge in [-0.25, -0.2) is 0 Å². The van der Waals surface area contributed by atoms with Gasteiger partial charge in [-0.2, -0.15) is 5.10 Å². The first-order valence-electron chi connectivity index (χ1n) is 7.40. The molecule has 0 radical (unpaired) electrons. The minimum atomic E-state index is 0.307. The summed E-state index contributed by atoms with van der Waals surface area (Å²) in [6.45, 7) is 7.22. The highest BCUT2D eigenvalue weighted by Gasteiger charge is 2.15. The SMILES string of the molecule is Cc1nn(CCCNC(=S)NCC2CCCO2)c(C)c1Cl. The number of halogens is 1. The van der Waals surface area contributed by atoms with Crippen LogP contribution in [-0.4, -0.2) is 40.7 Å². The van der Waals surface area contributed by atoms with Crippen molar-refractivity contribution in [2.45, 2.75) is 45.8 Å². The highest BCUT2D eigenvalue weighted by atomic mass is 35.5. The molecule has 1 fully saturated rings. The van der Waals surface area contributed by atoms with E-state index >= 15 is 0 Å². The number of hydrogen-bond donors (Lipinski definition) is 2. The Balaban J connectivity index is 1.60. The summed E-state index contributed by atoms with van der Waals surface area (Å²) in [4.78, 5) is 0. The second-order valence-electron chi connectivity index (χ2n) is 5.33. The zero-order valence-corrected chi connectivity index (χ0v) is 14.2. The quantitative estimate of drug-likeness (QED) is 0.618. The van der Waals surface area contributed by atoms with Crippen molar-refractivity contribution < 1.29 is 4.74 Å². The maximum atomic E-state index is 6.12. The molecule has 0 bridgehead atoms. The summed E-state index contributed by atoms with van der Waals surface area (Å²) in [7, 11) is 0. The molecule has 5 nitrogen and oxygen atoms in total. The van der Waals surface area contributed by atoms with Gasteiger partial charge in [-0.3, -0.25) is 4.68 Å². The van der Waals surface area contributed by atoms with Crippen molar-refractivity contribution in [2.75, 3.05) is 19.7 Å². The molecule has 21 heavy (non-hydrogen) atoms. The Labute approximate surface area is 136 Å². The molecule has 0 saturated carbocycles. The first-order chi connectivity index (χ1) is 10.1. The lowest BCUT2D eigenvalue weighted by atomic mass is 10.2. The van der Waals surface area contributed by atoms with Crippen molar-refractivity contribution in [3.63, 3.8) is 0 Å². The smallest absolute Gasteiger partial charge is 0.166 e. The van der Waals surface area contributed by atoms with Gasteiger partial charge in [0.1, 0.15) is 0 Å². The molecule has 2 rings (SSSR count). The van der Waals surface area contributed by atoms with E-state index in [1.807, 2.05) is 18.5 Å². The lowest BCUT2D eigenvalue weighted by Gasteiger charge is -2.14. The lowest BCUT2D eigenvalue weighted by Crippen LogP contribution is -2.39. The molecule has 118 valence electrons. The molecule has 1 aromatic rings. The Morgan fingerprint density at radius 3 is 2.90 bits per heavy atom. The van der Waals surface area contributed by atoms with E-state index in [1.165, 1.54) is 0 Å². The fourth-order valence-electron chi connectivity index (χ4n) is 2.40. The molecule has 0 spiro atoms. The second-order valence-corrected chi connectivity index (χ2v) is 6.12. The second kappa shape index (κ2) is 7.96. The van der Waals surface area contributed by atoms with Crippen molar-refractivity contribution in [2.24, 2.45) is 0 Å². The highest BCUT2D eigenvalue weighted by Crippen LogP contribution is 2.18. The third-order valence-electron chi connectivity index (χ3n) is 3.64. The van der Waals surface area contributed by atoms with Crippen molar-refractivity contribution in [1.29, 1.82) is 0 Å². The number of aromatic nitrogens is 2. The van der Waals surface area contributed by atoms with E-state index in [9.17, 15) is 0 Å². The number of ether oxygens (including phenoxy) is 1. The monoisotopic (exact) mass is 330 g/mol. The molecule has 2 heterocycles. The highest BCUT2D eigenvalue weighted by molar-refractivity contribution is 7.80. The Bertz CT molecular complexity index is 486. The normalized spacial score (nSPS) is 18.0. The molecule has 0 aliphatic carbocycles. The third kappa shape index (κ3) is 4.83. The molecular weight excluding hydrogens is 308 g/mol. The molecule has 1 aliphatic heterocycles. The standard InChI is InChI=1S/C14H23ClN4OS/c1-10-13(15)11(2)19(18-10)7-4-6-16-14(21)17-9-12-5-3-8-20-12/h12H,3-9H2,1-2H3,(H2,16,17,21). The predicted molar refractivity (Wildman–Crippen MR) is 88.9 cm³/mol. The van der Waals surface area contributed by atoms with Crippen LogP contribution in [0.25, 0.3) is 0 Å². The van der Waals surface area contributed by atoms with Gasteiger partial charge in [0, 0.05) is 26.2 Å². The predicted octanol–water partition coefficient (Wildman–Crippen LogP) is 2.19. The van der Waals surface area contributed by atoms with E-state index in [4.69, 9.17) is 28.6 Å². The number of rotatable bonds is 6. The summed E-state index contributed by atoms with van der Waals surface area (Å²) in [5.74, 6) is 0. The lowest BCUT2D eigenvalue weighted by molar-refractivity contribution is 0.114. The van der Waals surface area contributed by atoms with Crippen molar-refractivity contribution >= 4 is 28.9 Å². The number of nitrogens with one attached hydrogen (secondary N) is 2. The molecule has 1 unspecified atom stereocenters. The average Bonchev–Trinajstić information content (AvgIpc) is 3.06. The van der Waals surface area contributed by atoms with Crippen LogP contribution in [-0.2, 0) is 11.3 Å². The van der Waals surface area contributed by atoms with E-state index in [0.29, 0.717) is 11.2 Å². The van der Waals surface area contributed by atoms with Crippen LogP contribution in [0, 0.1) is 13.8 Å². The molecule has 2 N–H and O–H groups in total. The van der Waals surface area contributed by atoms with E-state index < -0.39 is 0 Å². The first-order valence-corrected chi connectivity index (χ1v) is 8.19. The van der Waals surface area contributed by atoms with Crippen molar-refractivity contribution in [3.8, 4) is 0 Å². The zero-order valence-electron chi connectivity index (χ0n) is 12.6. The van der Waals surface area contributed by atoms with E-state index in [-0.39, 0.29) is 0 Å². The number of hydrogen-bond acceptors (Lipinski definition) is 3. The van der Waals surface area contributed by atoms with Gasteiger partial charge < -0.3 is 15.4 Å². The molecule has 1 atom stereocenters. The van der Waals surface area contributed by atoms with Gasteiger partial charge in [-0.1, -0.05) is 11.6 Å². The van der Waals surface area contributed by atoms with Gasteiger partial charge in [0.15, 0.2) is 5.11 Å². The van der Waals surface area contributed by atoms with Crippen LogP contribution < -0.4 is 10.6 Å². The van der Waals surface area contributed by atoms with Crippen LogP contribution in [0.2, 0.25) is 5.02 Å². The maximum Gasteiger partial charge on any atom is 0.166 e. The van der Waals surface area contributed by atoms with Crippen LogP contribution in [0.1, 0.15) is 30.7 Å². The Hall–Kier alpha value is -0.850. The molecule has 0 aromatic carbocycles. The summed E-state index contributed by atoms with van der Waals surface area (Å²) in [5, 5.41) is 12.3. The Kier molecular flexibility index (Phi) is 6.26. The number of thiocarbonyl (C=S) groups is 1. The van der Waals surface area contributed by atoms with Crippen LogP contribution in [0.15, 0.2) is 0 Å².